The van der Waals surface area contributed by atoms with Gasteiger partial charge in [0, 0.05) is 6.92 Å². The van der Waals surface area contributed by atoms with Crippen LogP contribution in [0.15, 0.2) is 0 Å². The van der Waals surface area contributed by atoms with Gasteiger partial charge in [-0.3, -0.25) is 9.59 Å². The van der Waals surface area contributed by atoms with E-state index >= 15 is 0 Å². The molecule has 0 aliphatic carbocycles. The summed E-state index contributed by atoms with van der Waals surface area (Å²) in [5.41, 5.74) is 4.57. The van der Waals surface area contributed by atoms with E-state index in [1.807, 2.05) is 0 Å². The van der Waals surface area contributed by atoms with Crippen LogP contribution in [-0.4, -0.2) is 28.7 Å². The van der Waals surface area contributed by atoms with Gasteiger partial charge in [-0.25, -0.2) is 0 Å². The van der Waals surface area contributed by atoms with Crippen LogP contribution in [0.2, 0.25) is 0 Å². The fourth-order valence-corrected chi connectivity index (χ4v) is 0. The first-order valence-corrected chi connectivity index (χ1v) is 4.03. The van der Waals surface area contributed by atoms with Crippen LogP contribution >= 0.6 is 0 Å². The fourth-order valence-electron chi connectivity index (χ4n) is 0. The predicted molar refractivity (Wildman–Crippen MR) is 50.6 cm³/mol. The molecule has 0 amide bonds. The Kier molecular flexibility index (Phi) is 23.5. The van der Waals surface area contributed by atoms with Gasteiger partial charge in [0.1, 0.15) is 0 Å². The number of rotatable bonds is 2. The molecule has 0 aliphatic rings. The molecular weight excluding hydrogens is 174 g/mol. The molecule has 0 rings (SSSR count). The second-order valence-corrected chi connectivity index (χ2v) is 2.12. The quantitative estimate of drug-likeness (QED) is 0.605. The van der Waals surface area contributed by atoms with Crippen molar-refractivity contribution in [3.8, 4) is 0 Å². The molecule has 0 saturated carbocycles. The molecule has 0 fully saturated rings. The van der Waals surface area contributed by atoms with Gasteiger partial charge >= 0.3 is 5.97 Å². The highest BCUT2D eigenvalue weighted by Gasteiger charge is 1.81. The first kappa shape index (κ1) is 17.8. The van der Waals surface area contributed by atoms with Crippen molar-refractivity contribution < 1.29 is 19.8 Å². The Bertz CT molecular complexity index is 119. The van der Waals surface area contributed by atoms with Crippen molar-refractivity contribution in [1.29, 1.82) is 0 Å². The molecule has 0 atom stereocenters. The zero-order valence-electron chi connectivity index (χ0n) is 8.41. The van der Waals surface area contributed by atoms with E-state index in [2.05, 4.69) is 19.6 Å². The molecule has 13 heavy (non-hydrogen) atoms. The molecule has 0 bridgehead atoms. The molecule has 0 heterocycles. The summed E-state index contributed by atoms with van der Waals surface area (Å²) < 4.78 is 0. The van der Waals surface area contributed by atoms with E-state index in [0.717, 1.165) is 6.92 Å². The molecular formula is C8H19NO4. The number of carboxylic acids is 2. The van der Waals surface area contributed by atoms with Gasteiger partial charge in [0.05, 0.1) is 6.54 Å². The molecule has 80 valence electrons. The molecule has 0 spiro atoms. The lowest BCUT2D eigenvalue weighted by atomic mass is 10.4. The van der Waals surface area contributed by atoms with E-state index in [0.29, 0.717) is 0 Å². The van der Waals surface area contributed by atoms with Crippen LogP contribution in [0.4, 0.5) is 0 Å². The van der Waals surface area contributed by atoms with Crippen molar-refractivity contribution in [2.45, 2.75) is 33.6 Å². The molecule has 5 heteroatoms. The van der Waals surface area contributed by atoms with E-state index in [4.69, 9.17) is 15.0 Å². The highest BCUT2D eigenvalue weighted by atomic mass is 16.4. The third-order valence-corrected chi connectivity index (χ3v) is 0.675. The van der Waals surface area contributed by atoms with E-state index < -0.39 is 11.9 Å². The van der Waals surface area contributed by atoms with Crippen LogP contribution in [-0.2, 0) is 9.59 Å². The number of aliphatic carboxylic acids is 2. The van der Waals surface area contributed by atoms with Crippen LogP contribution in [0.25, 0.3) is 0 Å². The first-order valence-electron chi connectivity index (χ1n) is 4.03. The summed E-state index contributed by atoms with van der Waals surface area (Å²) >= 11 is 0. The predicted octanol–water partition coefficient (Wildman–Crippen LogP) is 0.927. The van der Waals surface area contributed by atoms with Gasteiger partial charge in [-0.2, -0.15) is 0 Å². The number of carboxylic acid groups (broad SMARTS) is 2. The third-order valence-electron chi connectivity index (χ3n) is 0.675. The molecule has 0 aromatic carbocycles. The minimum atomic E-state index is -0.968. The lowest BCUT2D eigenvalue weighted by Crippen LogP contribution is -2.10. The van der Waals surface area contributed by atoms with E-state index in [-0.39, 0.29) is 6.54 Å². The van der Waals surface area contributed by atoms with Gasteiger partial charge in [0.15, 0.2) is 0 Å². The Balaban J connectivity index is -0.000000117. The van der Waals surface area contributed by atoms with Crippen molar-refractivity contribution in [3.63, 3.8) is 0 Å². The Morgan fingerprint density at radius 1 is 1.15 bits per heavy atom. The molecule has 4 N–H and O–H groups in total. The normalized spacial score (nSPS) is 7.08. The van der Waals surface area contributed by atoms with Gasteiger partial charge in [-0.05, 0) is 0 Å². The monoisotopic (exact) mass is 193 g/mol. The summed E-state index contributed by atoms with van der Waals surface area (Å²) in [4.78, 5) is 18.2. The van der Waals surface area contributed by atoms with Gasteiger partial charge in [-0.1, -0.05) is 26.7 Å². The largest absolute Gasteiger partial charge is 0.481 e. The smallest absolute Gasteiger partial charge is 0.317 e. The average molecular weight is 193 g/mol. The standard InChI is InChI=1S/C4H10.C2H5NO2.C2H4O2/c1-3-4-2;3-1-2(4)5;1-2(3)4/h3-4H2,1-2H3;1,3H2,(H,4,5);1H3,(H,3,4). The highest BCUT2D eigenvalue weighted by molar-refractivity contribution is 5.68. The lowest BCUT2D eigenvalue weighted by molar-refractivity contribution is -0.136. The van der Waals surface area contributed by atoms with Crippen molar-refractivity contribution in [2.24, 2.45) is 5.73 Å². The van der Waals surface area contributed by atoms with E-state index in [1.54, 1.807) is 0 Å². The summed E-state index contributed by atoms with van der Waals surface area (Å²) in [6, 6.07) is 0. The minimum Gasteiger partial charge on any atom is -0.481 e. The number of unbranched alkanes of at least 4 members (excludes halogenated alkanes) is 1. The molecule has 0 aliphatic heterocycles. The maximum Gasteiger partial charge on any atom is 0.317 e. The van der Waals surface area contributed by atoms with Crippen molar-refractivity contribution in [1.82, 2.24) is 0 Å². The summed E-state index contributed by atoms with van der Waals surface area (Å²) in [5.74, 6) is -1.80. The van der Waals surface area contributed by atoms with Gasteiger partial charge in [0.25, 0.3) is 5.97 Å². The zero-order chi connectivity index (χ0) is 11.3. The Morgan fingerprint density at radius 3 is 1.31 bits per heavy atom. The van der Waals surface area contributed by atoms with Crippen molar-refractivity contribution in [2.75, 3.05) is 6.54 Å². The van der Waals surface area contributed by atoms with Crippen LogP contribution < -0.4 is 5.73 Å². The second kappa shape index (κ2) is 17.1. The molecule has 5 nitrogen and oxygen atoms in total. The summed E-state index contributed by atoms with van der Waals surface area (Å²) in [6.07, 6.45) is 2.64. The highest BCUT2D eigenvalue weighted by Crippen LogP contribution is 1.76. The molecule has 0 aromatic heterocycles. The average Bonchev–Trinajstić information content (AvgIpc) is 2.04. The minimum absolute atomic E-state index is 0.278. The Hall–Kier alpha value is -1.10. The third kappa shape index (κ3) is 239. The maximum atomic E-state index is 9.24. The topological polar surface area (TPSA) is 101 Å². The number of nitrogens with two attached hydrogens (primary N) is 1. The van der Waals surface area contributed by atoms with Crippen molar-refractivity contribution in [3.05, 3.63) is 0 Å². The van der Waals surface area contributed by atoms with E-state index in [1.165, 1.54) is 12.8 Å². The van der Waals surface area contributed by atoms with Gasteiger partial charge in [-0.15, -0.1) is 0 Å². The summed E-state index contributed by atoms with van der Waals surface area (Å²) in [7, 11) is 0. The molecule has 0 saturated heterocycles. The fraction of sp³-hybridized carbons (Fsp3) is 0.750. The number of carbonyl (C=O) groups is 2. The molecule has 0 aromatic rings. The SMILES string of the molecule is CC(=O)O.CCCC.NCC(=O)O. The summed E-state index contributed by atoms with van der Waals surface area (Å²) in [5, 5.41) is 15.0. The first-order chi connectivity index (χ1) is 5.92. The molecule has 0 unspecified atom stereocenters. The Morgan fingerprint density at radius 2 is 1.31 bits per heavy atom. The molecule has 0 radical (unpaired) electrons. The zero-order valence-corrected chi connectivity index (χ0v) is 8.41. The number of hydrogen-bond acceptors (Lipinski definition) is 3. The van der Waals surface area contributed by atoms with Crippen LogP contribution in [0.1, 0.15) is 33.6 Å². The number of hydrogen-bond donors (Lipinski definition) is 3. The lowest BCUT2D eigenvalue weighted by Gasteiger charge is -1.73. The summed E-state index contributed by atoms with van der Waals surface area (Å²) in [6.45, 7) is 5.17. The second-order valence-electron chi connectivity index (χ2n) is 2.12. The van der Waals surface area contributed by atoms with E-state index in [9.17, 15) is 4.79 Å². The van der Waals surface area contributed by atoms with Crippen LogP contribution in [0.5, 0.6) is 0 Å². The Labute approximate surface area is 78.6 Å². The van der Waals surface area contributed by atoms with Gasteiger partial charge < -0.3 is 15.9 Å². The maximum absolute atomic E-state index is 9.24. The van der Waals surface area contributed by atoms with Gasteiger partial charge in [0.2, 0.25) is 0 Å². The van der Waals surface area contributed by atoms with Crippen molar-refractivity contribution >= 4 is 11.9 Å². The van der Waals surface area contributed by atoms with Crippen LogP contribution in [0.3, 0.4) is 0 Å². The van der Waals surface area contributed by atoms with Crippen LogP contribution in [0, 0.1) is 0 Å².